The zero-order valence-corrected chi connectivity index (χ0v) is 16.3. The number of carbonyl (C=O) groups excluding carboxylic acids is 1. The van der Waals surface area contributed by atoms with E-state index in [0.717, 1.165) is 21.7 Å². The van der Waals surface area contributed by atoms with Gasteiger partial charge in [-0.2, -0.15) is 5.10 Å². The Morgan fingerprint density at radius 2 is 1.85 bits per heavy atom. The number of hydrazone groups is 1. The van der Waals surface area contributed by atoms with Gasteiger partial charge in [-0.15, -0.1) is 0 Å². The third-order valence-corrected chi connectivity index (χ3v) is 5.22. The van der Waals surface area contributed by atoms with E-state index in [1.165, 1.54) is 6.07 Å². The maximum Gasteiger partial charge on any atom is 0.260 e. The van der Waals surface area contributed by atoms with Gasteiger partial charge in [-0.3, -0.25) is 9.10 Å². The molecule has 0 fully saturated rings. The lowest BCUT2D eigenvalue weighted by Gasteiger charge is -2.22. The van der Waals surface area contributed by atoms with Crippen molar-refractivity contribution < 1.29 is 13.2 Å². The van der Waals surface area contributed by atoms with Gasteiger partial charge in [0.05, 0.1) is 17.7 Å². The van der Waals surface area contributed by atoms with Gasteiger partial charge >= 0.3 is 0 Å². The van der Waals surface area contributed by atoms with Crippen molar-refractivity contribution in [3.8, 4) is 0 Å². The Hall–Kier alpha value is -2.38. The summed E-state index contributed by atoms with van der Waals surface area (Å²) >= 11 is 6.07. The van der Waals surface area contributed by atoms with Gasteiger partial charge in [0.1, 0.15) is 6.54 Å². The molecule has 0 aliphatic rings. The number of nitrogens with zero attached hydrogens (tertiary/aromatic N) is 2. The van der Waals surface area contributed by atoms with Crippen LogP contribution in [0, 0.1) is 6.92 Å². The fraction of sp³-hybridized carbons (Fsp3) is 0.222. The number of carbonyl (C=O) groups is 1. The first-order valence-electron chi connectivity index (χ1n) is 7.81. The van der Waals surface area contributed by atoms with Crippen LogP contribution in [0.15, 0.2) is 53.6 Å². The number of anilines is 1. The summed E-state index contributed by atoms with van der Waals surface area (Å²) in [6.07, 6.45) is 1.03. The lowest BCUT2D eigenvalue weighted by Crippen LogP contribution is -2.39. The van der Waals surface area contributed by atoms with Crippen molar-refractivity contribution >= 4 is 38.9 Å². The van der Waals surface area contributed by atoms with Gasteiger partial charge in [-0.1, -0.05) is 48.0 Å². The molecule has 0 atom stereocenters. The molecule has 0 spiro atoms. The topological polar surface area (TPSA) is 78.8 Å². The molecule has 2 rings (SSSR count). The minimum Gasteiger partial charge on any atom is -0.271 e. The van der Waals surface area contributed by atoms with Gasteiger partial charge in [0.15, 0.2) is 0 Å². The predicted molar refractivity (Wildman–Crippen MR) is 105 cm³/mol. The van der Waals surface area contributed by atoms with Crippen molar-refractivity contribution in [1.29, 1.82) is 0 Å². The smallest absolute Gasteiger partial charge is 0.260 e. The Balaban J connectivity index is 2.16. The van der Waals surface area contributed by atoms with Gasteiger partial charge in [0, 0.05) is 5.02 Å². The van der Waals surface area contributed by atoms with Crippen molar-refractivity contribution in [1.82, 2.24) is 5.43 Å². The highest BCUT2D eigenvalue weighted by atomic mass is 35.5. The quantitative estimate of drug-likeness (QED) is 0.605. The van der Waals surface area contributed by atoms with E-state index < -0.39 is 22.5 Å². The van der Waals surface area contributed by atoms with Crippen molar-refractivity contribution in [3.63, 3.8) is 0 Å². The largest absolute Gasteiger partial charge is 0.271 e. The van der Waals surface area contributed by atoms with Crippen molar-refractivity contribution in [2.24, 2.45) is 5.10 Å². The second-order valence-corrected chi connectivity index (χ2v) is 8.12. The first-order valence-corrected chi connectivity index (χ1v) is 10.0. The number of aryl methyl sites for hydroxylation is 1. The Morgan fingerprint density at radius 3 is 2.42 bits per heavy atom. The molecule has 2 aromatic rings. The van der Waals surface area contributed by atoms with E-state index >= 15 is 0 Å². The Morgan fingerprint density at radius 1 is 1.19 bits per heavy atom. The van der Waals surface area contributed by atoms with E-state index in [9.17, 15) is 13.2 Å². The van der Waals surface area contributed by atoms with Crippen LogP contribution in [-0.4, -0.2) is 32.8 Å². The van der Waals surface area contributed by atoms with E-state index in [2.05, 4.69) is 10.5 Å². The molecule has 0 saturated heterocycles. The van der Waals surface area contributed by atoms with E-state index in [0.29, 0.717) is 16.4 Å². The molecule has 0 aliphatic carbocycles. The molecular weight excluding hydrogens is 374 g/mol. The number of amides is 1. The minimum absolute atomic E-state index is 0.321. The number of halogens is 1. The standard InChI is InChI=1S/C18H20ClN3O3S/c1-13-9-10-16(11-17(13)19)22(26(3,24)25)12-18(23)21-20-14(2)15-7-5-4-6-8-15/h4-11H,12H2,1-3H3,(H,21,23)/b20-14-. The average Bonchev–Trinajstić information content (AvgIpc) is 2.60. The molecule has 138 valence electrons. The van der Waals surface area contributed by atoms with E-state index in [1.807, 2.05) is 37.3 Å². The van der Waals surface area contributed by atoms with Crippen LogP contribution in [0.3, 0.4) is 0 Å². The monoisotopic (exact) mass is 393 g/mol. The summed E-state index contributed by atoms with van der Waals surface area (Å²) in [5, 5.41) is 4.45. The fourth-order valence-corrected chi connectivity index (χ4v) is 3.22. The summed E-state index contributed by atoms with van der Waals surface area (Å²) in [4.78, 5) is 12.2. The zero-order chi connectivity index (χ0) is 19.3. The maximum atomic E-state index is 12.2. The van der Waals surface area contributed by atoms with Gasteiger partial charge in [-0.05, 0) is 37.1 Å². The number of sulfonamides is 1. The van der Waals surface area contributed by atoms with Gasteiger partial charge in [0.2, 0.25) is 10.0 Å². The van der Waals surface area contributed by atoms with Crippen LogP contribution in [-0.2, 0) is 14.8 Å². The minimum atomic E-state index is -3.67. The first kappa shape index (κ1) is 19.9. The Kier molecular flexibility index (Phi) is 6.39. The lowest BCUT2D eigenvalue weighted by molar-refractivity contribution is -0.119. The first-order chi connectivity index (χ1) is 12.2. The molecule has 26 heavy (non-hydrogen) atoms. The van der Waals surface area contributed by atoms with Crippen LogP contribution in [0.25, 0.3) is 0 Å². The lowest BCUT2D eigenvalue weighted by atomic mass is 10.1. The number of rotatable bonds is 6. The molecule has 8 heteroatoms. The summed E-state index contributed by atoms with van der Waals surface area (Å²) in [5.74, 6) is -0.553. The average molecular weight is 394 g/mol. The molecule has 0 radical (unpaired) electrons. The van der Waals surface area contributed by atoms with Crippen LogP contribution < -0.4 is 9.73 Å². The molecule has 1 amide bonds. The molecule has 0 heterocycles. The molecule has 2 aromatic carbocycles. The fourth-order valence-electron chi connectivity index (χ4n) is 2.19. The van der Waals surface area contributed by atoms with Crippen molar-refractivity contribution in [2.75, 3.05) is 17.1 Å². The summed E-state index contributed by atoms with van der Waals surface area (Å²) in [5.41, 5.74) is 5.00. The van der Waals surface area contributed by atoms with E-state index in [4.69, 9.17) is 11.6 Å². The second kappa shape index (κ2) is 8.33. The van der Waals surface area contributed by atoms with Crippen LogP contribution in [0.1, 0.15) is 18.1 Å². The molecule has 0 bridgehead atoms. The second-order valence-electron chi connectivity index (χ2n) is 5.80. The molecule has 0 aromatic heterocycles. The highest BCUT2D eigenvalue weighted by Crippen LogP contribution is 2.24. The summed E-state index contributed by atoms with van der Waals surface area (Å²) in [7, 11) is -3.67. The number of hydrogen-bond acceptors (Lipinski definition) is 4. The Labute approximate surface area is 158 Å². The zero-order valence-electron chi connectivity index (χ0n) is 14.7. The molecule has 1 N–H and O–H groups in total. The normalized spacial score (nSPS) is 11.9. The highest BCUT2D eigenvalue weighted by Gasteiger charge is 2.21. The summed E-state index contributed by atoms with van der Waals surface area (Å²) in [6.45, 7) is 3.16. The number of nitrogens with one attached hydrogen (secondary N) is 1. The van der Waals surface area contributed by atoms with Crippen molar-refractivity contribution in [3.05, 3.63) is 64.7 Å². The highest BCUT2D eigenvalue weighted by molar-refractivity contribution is 7.92. The number of hydrogen-bond donors (Lipinski definition) is 1. The Bertz CT molecular complexity index is 928. The van der Waals surface area contributed by atoms with Gasteiger partial charge in [0.25, 0.3) is 5.91 Å². The number of benzene rings is 2. The third-order valence-electron chi connectivity index (χ3n) is 3.67. The molecule has 0 aliphatic heterocycles. The molecule has 6 nitrogen and oxygen atoms in total. The molecule has 0 unspecified atom stereocenters. The summed E-state index contributed by atoms with van der Waals surface area (Å²) < 4.78 is 25.2. The van der Waals surface area contributed by atoms with Gasteiger partial charge in [-0.25, -0.2) is 13.8 Å². The van der Waals surface area contributed by atoms with E-state index in [-0.39, 0.29) is 0 Å². The SMILES string of the molecule is C/C(=N/NC(=O)CN(c1ccc(C)c(Cl)c1)S(C)(=O)=O)c1ccccc1. The predicted octanol–water partition coefficient (Wildman–Crippen LogP) is 2.95. The van der Waals surface area contributed by atoms with Crippen LogP contribution >= 0.6 is 11.6 Å². The third kappa shape index (κ3) is 5.31. The van der Waals surface area contributed by atoms with E-state index in [1.54, 1.807) is 19.1 Å². The van der Waals surface area contributed by atoms with Gasteiger partial charge < -0.3 is 0 Å². The summed E-state index contributed by atoms with van der Waals surface area (Å²) in [6, 6.07) is 14.2. The molecule has 0 saturated carbocycles. The van der Waals surface area contributed by atoms with Crippen LogP contribution in [0.5, 0.6) is 0 Å². The van der Waals surface area contributed by atoms with Crippen LogP contribution in [0.4, 0.5) is 5.69 Å². The van der Waals surface area contributed by atoms with Crippen molar-refractivity contribution in [2.45, 2.75) is 13.8 Å². The van der Waals surface area contributed by atoms with Crippen LogP contribution in [0.2, 0.25) is 5.02 Å². The molecular formula is C18H20ClN3O3S. The maximum absolute atomic E-state index is 12.2.